The van der Waals surface area contributed by atoms with Gasteiger partial charge in [0.2, 0.25) is 0 Å². The molecule has 21 heavy (non-hydrogen) atoms. The first-order chi connectivity index (χ1) is 9.95. The molecule has 2 rings (SSSR count). The summed E-state index contributed by atoms with van der Waals surface area (Å²) in [4.78, 5) is 20.1. The molecule has 2 aromatic rings. The largest absolute Gasteiger partial charge is 0.481 e. The Labute approximate surface area is 122 Å². The summed E-state index contributed by atoms with van der Waals surface area (Å²) in [5, 5.41) is 18.5. The number of aliphatic carboxylic acids is 2. The first kappa shape index (κ1) is 16.5. The topological polar surface area (TPSA) is 83.8 Å². The van der Waals surface area contributed by atoms with Gasteiger partial charge in [-0.2, -0.15) is 0 Å². The Hall–Kier alpha value is -2.56. The zero-order valence-corrected chi connectivity index (χ0v) is 11.9. The number of carbonyl (C=O) groups is 2. The van der Waals surface area contributed by atoms with Crippen molar-refractivity contribution in [3.63, 3.8) is 0 Å². The molecule has 1 atom stereocenters. The van der Waals surface area contributed by atoms with Crippen molar-refractivity contribution in [1.82, 2.24) is 0 Å². The quantitative estimate of drug-likeness (QED) is 0.903. The molecular formula is C16H18O5. The van der Waals surface area contributed by atoms with Crippen molar-refractivity contribution in [2.45, 2.75) is 26.4 Å². The first-order valence-corrected chi connectivity index (χ1v) is 6.54. The second kappa shape index (κ2) is 7.89. The summed E-state index contributed by atoms with van der Waals surface area (Å²) >= 11 is 0. The fourth-order valence-electron chi connectivity index (χ4n) is 1.54. The fraction of sp³-hybridized carbons (Fsp3) is 0.250. The van der Waals surface area contributed by atoms with Crippen molar-refractivity contribution in [2.24, 2.45) is 0 Å². The fourth-order valence-corrected chi connectivity index (χ4v) is 1.54. The Morgan fingerprint density at radius 3 is 2.24 bits per heavy atom. The Balaban J connectivity index is 0.000000383. The van der Waals surface area contributed by atoms with E-state index in [9.17, 15) is 9.59 Å². The molecule has 2 N–H and O–H groups in total. The van der Waals surface area contributed by atoms with Gasteiger partial charge < -0.3 is 14.9 Å². The molecule has 0 heterocycles. The van der Waals surface area contributed by atoms with Crippen molar-refractivity contribution in [3.8, 4) is 5.75 Å². The molecule has 0 aliphatic rings. The van der Waals surface area contributed by atoms with E-state index >= 15 is 0 Å². The molecule has 0 aromatic heterocycles. The molecule has 0 saturated heterocycles. The van der Waals surface area contributed by atoms with Gasteiger partial charge in [-0.3, -0.25) is 4.79 Å². The van der Waals surface area contributed by atoms with Crippen molar-refractivity contribution in [2.75, 3.05) is 0 Å². The molecule has 0 saturated carbocycles. The van der Waals surface area contributed by atoms with Crippen molar-refractivity contribution in [1.29, 1.82) is 0 Å². The highest BCUT2D eigenvalue weighted by molar-refractivity contribution is 5.88. The van der Waals surface area contributed by atoms with E-state index in [-0.39, 0.29) is 6.42 Å². The van der Waals surface area contributed by atoms with Gasteiger partial charge in [-0.15, -0.1) is 0 Å². The monoisotopic (exact) mass is 290 g/mol. The normalized spacial score (nSPS) is 11.1. The zero-order valence-electron chi connectivity index (χ0n) is 11.9. The number of hydrogen-bond acceptors (Lipinski definition) is 3. The minimum atomic E-state index is -0.965. The van der Waals surface area contributed by atoms with Crippen LogP contribution in [0.15, 0.2) is 42.5 Å². The molecule has 0 radical (unpaired) electrons. The van der Waals surface area contributed by atoms with E-state index in [1.54, 1.807) is 13.0 Å². The van der Waals surface area contributed by atoms with Crippen LogP contribution in [0.4, 0.5) is 0 Å². The molecule has 0 bridgehead atoms. The number of fused-ring (bicyclic) bond motifs is 1. The molecule has 0 spiro atoms. The summed E-state index contributed by atoms with van der Waals surface area (Å²) < 4.78 is 5.39. The van der Waals surface area contributed by atoms with Crippen LogP contribution in [0.1, 0.15) is 20.3 Å². The van der Waals surface area contributed by atoms with Crippen LogP contribution in [0.25, 0.3) is 10.8 Å². The lowest BCUT2D eigenvalue weighted by Gasteiger charge is -2.12. The Morgan fingerprint density at radius 1 is 1.10 bits per heavy atom. The van der Waals surface area contributed by atoms with Crippen LogP contribution in [-0.2, 0) is 9.59 Å². The lowest BCUT2D eigenvalue weighted by Crippen LogP contribution is -2.22. The lowest BCUT2D eigenvalue weighted by atomic mass is 10.1. The summed E-state index contributed by atoms with van der Waals surface area (Å²) in [6, 6.07) is 13.3. The maximum absolute atomic E-state index is 10.7. The summed E-state index contributed by atoms with van der Waals surface area (Å²) in [6.07, 6.45) is -0.620. The Bertz CT molecular complexity index is 616. The number of carboxylic acid groups (broad SMARTS) is 2. The highest BCUT2D eigenvalue weighted by atomic mass is 16.5. The molecular weight excluding hydrogens is 272 g/mol. The van der Waals surface area contributed by atoms with Crippen LogP contribution in [0.5, 0.6) is 5.75 Å². The van der Waals surface area contributed by atoms with E-state index < -0.39 is 18.0 Å². The molecule has 5 nitrogen and oxygen atoms in total. The Kier molecular flexibility index (Phi) is 6.20. The van der Waals surface area contributed by atoms with E-state index in [0.717, 1.165) is 10.8 Å². The molecule has 2 aromatic carbocycles. The van der Waals surface area contributed by atoms with Gasteiger partial charge in [0.1, 0.15) is 5.75 Å². The van der Waals surface area contributed by atoms with Gasteiger partial charge in [-0.1, -0.05) is 43.3 Å². The molecule has 1 unspecified atom stereocenters. The number of hydrogen-bond donors (Lipinski definition) is 2. The van der Waals surface area contributed by atoms with Crippen molar-refractivity contribution < 1.29 is 24.5 Å². The zero-order chi connectivity index (χ0) is 15.8. The minimum Gasteiger partial charge on any atom is -0.481 e. The van der Waals surface area contributed by atoms with Crippen LogP contribution in [0.3, 0.4) is 0 Å². The van der Waals surface area contributed by atoms with Gasteiger partial charge in [0, 0.05) is 11.8 Å². The average Bonchev–Trinajstić information content (AvgIpc) is 2.48. The van der Waals surface area contributed by atoms with Gasteiger partial charge in [-0.25, -0.2) is 4.79 Å². The molecule has 5 heteroatoms. The number of rotatable bonds is 4. The molecule has 112 valence electrons. The maximum Gasteiger partial charge on any atom is 0.344 e. The van der Waals surface area contributed by atoms with Crippen LogP contribution in [0, 0.1) is 0 Å². The molecule has 0 amide bonds. The average molecular weight is 290 g/mol. The highest BCUT2D eigenvalue weighted by Crippen LogP contribution is 2.25. The van der Waals surface area contributed by atoms with Crippen molar-refractivity contribution >= 4 is 22.7 Å². The third-order valence-corrected chi connectivity index (χ3v) is 2.70. The number of ether oxygens (including phenoxy) is 1. The van der Waals surface area contributed by atoms with Crippen LogP contribution < -0.4 is 4.74 Å². The SMILES string of the molecule is CC(Oc1cccc2ccccc12)C(=O)O.CCC(=O)O. The second-order valence-corrected chi connectivity index (χ2v) is 4.32. The third-order valence-electron chi connectivity index (χ3n) is 2.70. The van der Waals surface area contributed by atoms with Gasteiger partial charge in [0.25, 0.3) is 0 Å². The summed E-state index contributed by atoms with van der Waals surface area (Å²) in [7, 11) is 0. The van der Waals surface area contributed by atoms with Crippen molar-refractivity contribution in [3.05, 3.63) is 42.5 Å². The third kappa shape index (κ3) is 5.14. The first-order valence-electron chi connectivity index (χ1n) is 6.54. The minimum absolute atomic E-state index is 0.222. The summed E-state index contributed by atoms with van der Waals surface area (Å²) in [5.74, 6) is -1.11. The van der Waals surface area contributed by atoms with E-state index in [1.807, 2.05) is 36.4 Å². The van der Waals surface area contributed by atoms with E-state index in [0.29, 0.717) is 5.75 Å². The van der Waals surface area contributed by atoms with E-state index in [4.69, 9.17) is 14.9 Å². The maximum atomic E-state index is 10.7. The molecule has 0 aliphatic carbocycles. The summed E-state index contributed by atoms with van der Waals surface area (Å²) in [5.41, 5.74) is 0. The standard InChI is InChI=1S/C13H12O3.C3H6O2/c1-9(13(14)15)16-12-8-4-6-10-5-2-3-7-11(10)12;1-2-3(4)5/h2-9H,1H3,(H,14,15);2H2,1H3,(H,4,5). The summed E-state index contributed by atoms with van der Waals surface area (Å²) in [6.45, 7) is 3.12. The van der Waals surface area contributed by atoms with E-state index in [1.165, 1.54) is 6.92 Å². The smallest absolute Gasteiger partial charge is 0.344 e. The Morgan fingerprint density at radius 2 is 1.67 bits per heavy atom. The van der Waals surface area contributed by atoms with Gasteiger partial charge in [0.15, 0.2) is 6.10 Å². The second-order valence-electron chi connectivity index (χ2n) is 4.32. The van der Waals surface area contributed by atoms with Gasteiger partial charge >= 0.3 is 11.9 Å². The molecule has 0 fully saturated rings. The van der Waals surface area contributed by atoms with Crippen LogP contribution >= 0.6 is 0 Å². The molecule has 0 aliphatic heterocycles. The van der Waals surface area contributed by atoms with Gasteiger partial charge in [-0.05, 0) is 18.4 Å². The van der Waals surface area contributed by atoms with Gasteiger partial charge in [0.05, 0.1) is 0 Å². The van der Waals surface area contributed by atoms with Crippen LogP contribution in [-0.4, -0.2) is 28.3 Å². The van der Waals surface area contributed by atoms with Crippen LogP contribution in [0.2, 0.25) is 0 Å². The lowest BCUT2D eigenvalue weighted by molar-refractivity contribution is -0.144. The number of benzene rings is 2. The highest BCUT2D eigenvalue weighted by Gasteiger charge is 2.13. The number of carboxylic acids is 2. The van der Waals surface area contributed by atoms with E-state index in [2.05, 4.69) is 0 Å². The predicted molar refractivity (Wildman–Crippen MR) is 79.6 cm³/mol. The predicted octanol–water partition coefficient (Wildman–Crippen LogP) is 3.17.